The molecule has 2 nitrogen and oxygen atoms in total. The second kappa shape index (κ2) is 5.96. The van der Waals surface area contributed by atoms with Gasteiger partial charge in [-0.05, 0) is 25.5 Å². The quantitative estimate of drug-likeness (QED) is 0.758. The van der Waals surface area contributed by atoms with Crippen LogP contribution in [0.3, 0.4) is 0 Å². The minimum absolute atomic E-state index is 0.246. The van der Waals surface area contributed by atoms with Gasteiger partial charge in [0.1, 0.15) is 0 Å². The number of alkyl halides is 1. The molecule has 1 rings (SSSR count). The van der Waals surface area contributed by atoms with Crippen molar-refractivity contribution in [2.45, 2.75) is 13.3 Å². The number of halogens is 2. The van der Waals surface area contributed by atoms with Crippen molar-refractivity contribution >= 4 is 21.7 Å². The van der Waals surface area contributed by atoms with Gasteiger partial charge in [0.2, 0.25) is 0 Å². The summed E-state index contributed by atoms with van der Waals surface area (Å²) >= 11 is 3.36. The van der Waals surface area contributed by atoms with E-state index in [0.29, 0.717) is 5.82 Å². The van der Waals surface area contributed by atoms with Crippen molar-refractivity contribution in [3.05, 3.63) is 24.1 Å². The van der Waals surface area contributed by atoms with Crippen LogP contribution in [0, 0.1) is 5.82 Å². The minimum atomic E-state index is -0.246. The first-order chi connectivity index (χ1) is 6.79. The van der Waals surface area contributed by atoms with Crippen LogP contribution >= 0.6 is 15.9 Å². The van der Waals surface area contributed by atoms with E-state index in [0.717, 1.165) is 24.8 Å². The molecular weight excluding hydrogens is 247 g/mol. The molecule has 0 fully saturated rings. The second-order valence-corrected chi connectivity index (χ2v) is 3.72. The highest BCUT2D eigenvalue weighted by molar-refractivity contribution is 9.09. The number of hydrogen-bond donors (Lipinski definition) is 0. The summed E-state index contributed by atoms with van der Waals surface area (Å²) in [6, 6.07) is 3.05. The van der Waals surface area contributed by atoms with Gasteiger partial charge in [0.05, 0.1) is 0 Å². The molecule has 78 valence electrons. The van der Waals surface area contributed by atoms with Gasteiger partial charge >= 0.3 is 0 Å². The normalized spacial score (nSPS) is 10.2. The minimum Gasteiger partial charge on any atom is -0.354 e. The highest BCUT2D eigenvalue weighted by atomic mass is 79.9. The first-order valence-corrected chi connectivity index (χ1v) is 5.83. The lowest BCUT2D eigenvalue weighted by molar-refractivity contribution is 0.609. The number of aromatic nitrogens is 1. The lowest BCUT2D eigenvalue weighted by Crippen LogP contribution is -2.26. The molecule has 0 radical (unpaired) electrons. The molecule has 0 saturated carbocycles. The Balaban J connectivity index is 2.73. The molecule has 0 aliphatic carbocycles. The summed E-state index contributed by atoms with van der Waals surface area (Å²) in [5.74, 6) is 0.208. The largest absolute Gasteiger partial charge is 0.354 e. The van der Waals surface area contributed by atoms with Gasteiger partial charge in [0, 0.05) is 24.6 Å². The lowest BCUT2D eigenvalue weighted by atomic mass is 10.3. The summed E-state index contributed by atoms with van der Waals surface area (Å²) in [6.45, 7) is 3.61. The van der Waals surface area contributed by atoms with Crippen LogP contribution in [0.2, 0.25) is 0 Å². The maximum Gasteiger partial charge on any atom is 0.165 e. The molecule has 1 aromatic rings. The van der Waals surface area contributed by atoms with Crippen molar-refractivity contribution in [3.63, 3.8) is 0 Å². The van der Waals surface area contributed by atoms with Crippen LogP contribution in [0.1, 0.15) is 13.3 Å². The third-order valence-corrected chi connectivity index (χ3v) is 2.54. The molecule has 0 amide bonds. The van der Waals surface area contributed by atoms with Gasteiger partial charge < -0.3 is 4.90 Å². The summed E-state index contributed by atoms with van der Waals surface area (Å²) in [7, 11) is 0. The Bertz CT molecular complexity index is 281. The first kappa shape index (κ1) is 11.4. The average Bonchev–Trinajstić information content (AvgIpc) is 2.21. The Morgan fingerprint density at radius 3 is 2.93 bits per heavy atom. The zero-order chi connectivity index (χ0) is 10.4. The van der Waals surface area contributed by atoms with Gasteiger partial charge in [0.25, 0.3) is 0 Å². The third-order valence-electron chi connectivity index (χ3n) is 1.98. The molecule has 0 N–H and O–H groups in total. The SMILES string of the molecule is CCN(CCCBr)c1ncccc1F. The van der Waals surface area contributed by atoms with Gasteiger partial charge in [-0.1, -0.05) is 15.9 Å². The maximum absolute atomic E-state index is 13.3. The molecule has 0 aromatic carbocycles. The monoisotopic (exact) mass is 260 g/mol. The lowest BCUT2D eigenvalue weighted by Gasteiger charge is -2.21. The van der Waals surface area contributed by atoms with E-state index in [1.54, 1.807) is 12.3 Å². The number of nitrogens with zero attached hydrogens (tertiary/aromatic N) is 2. The molecule has 0 bridgehead atoms. The van der Waals surface area contributed by atoms with Crippen LogP contribution in [0.15, 0.2) is 18.3 Å². The Kier molecular flexibility index (Phi) is 4.87. The van der Waals surface area contributed by atoms with Crippen LogP contribution in [0.25, 0.3) is 0 Å². The molecule has 0 aliphatic heterocycles. The summed E-state index contributed by atoms with van der Waals surface area (Å²) in [5.41, 5.74) is 0. The summed E-state index contributed by atoms with van der Waals surface area (Å²) < 4.78 is 13.3. The molecular formula is C10H14BrFN2. The molecule has 0 spiro atoms. The van der Waals surface area contributed by atoms with Gasteiger partial charge in [-0.3, -0.25) is 0 Å². The predicted octanol–water partition coefficient (Wildman–Crippen LogP) is 2.83. The van der Waals surface area contributed by atoms with E-state index in [1.807, 2.05) is 11.8 Å². The van der Waals surface area contributed by atoms with Crippen molar-refractivity contribution in [1.29, 1.82) is 0 Å². The van der Waals surface area contributed by atoms with Crippen LogP contribution in [-0.2, 0) is 0 Å². The molecule has 0 unspecified atom stereocenters. The van der Waals surface area contributed by atoms with Crippen LogP contribution in [-0.4, -0.2) is 23.4 Å². The van der Waals surface area contributed by atoms with Gasteiger partial charge in [-0.15, -0.1) is 0 Å². The molecule has 1 heterocycles. The smallest absolute Gasteiger partial charge is 0.165 e. The Hall–Kier alpha value is -0.640. The summed E-state index contributed by atoms with van der Waals surface area (Å²) in [4.78, 5) is 5.98. The zero-order valence-corrected chi connectivity index (χ0v) is 9.80. The number of pyridine rings is 1. The van der Waals surface area contributed by atoms with Gasteiger partial charge in [-0.2, -0.15) is 0 Å². The molecule has 0 saturated heterocycles. The molecule has 0 atom stereocenters. The number of hydrogen-bond acceptors (Lipinski definition) is 2. The highest BCUT2D eigenvalue weighted by Crippen LogP contribution is 2.15. The summed E-state index contributed by atoms with van der Waals surface area (Å²) in [6.07, 6.45) is 2.61. The summed E-state index contributed by atoms with van der Waals surface area (Å²) in [5, 5.41) is 0.929. The Morgan fingerprint density at radius 2 is 2.36 bits per heavy atom. The Labute approximate surface area is 92.3 Å². The van der Waals surface area contributed by atoms with E-state index in [2.05, 4.69) is 20.9 Å². The Morgan fingerprint density at radius 1 is 1.57 bits per heavy atom. The third kappa shape index (κ3) is 2.94. The van der Waals surface area contributed by atoms with E-state index < -0.39 is 0 Å². The van der Waals surface area contributed by atoms with E-state index in [4.69, 9.17) is 0 Å². The molecule has 14 heavy (non-hydrogen) atoms. The van der Waals surface area contributed by atoms with Crippen LogP contribution < -0.4 is 4.90 Å². The van der Waals surface area contributed by atoms with Crippen LogP contribution in [0.4, 0.5) is 10.2 Å². The molecule has 0 aliphatic rings. The van der Waals surface area contributed by atoms with Crippen molar-refractivity contribution in [3.8, 4) is 0 Å². The first-order valence-electron chi connectivity index (χ1n) is 4.71. The molecule has 1 aromatic heterocycles. The van der Waals surface area contributed by atoms with Crippen molar-refractivity contribution in [2.24, 2.45) is 0 Å². The number of rotatable bonds is 5. The van der Waals surface area contributed by atoms with Crippen molar-refractivity contribution in [2.75, 3.05) is 23.3 Å². The fourth-order valence-corrected chi connectivity index (χ4v) is 1.53. The fourth-order valence-electron chi connectivity index (χ4n) is 1.27. The van der Waals surface area contributed by atoms with Crippen molar-refractivity contribution < 1.29 is 4.39 Å². The van der Waals surface area contributed by atoms with Crippen molar-refractivity contribution in [1.82, 2.24) is 4.98 Å². The second-order valence-electron chi connectivity index (χ2n) is 2.93. The van der Waals surface area contributed by atoms with E-state index in [-0.39, 0.29) is 5.82 Å². The average molecular weight is 261 g/mol. The molecule has 4 heteroatoms. The van der Waals surface area contributed by atoms with Gasteiger partial charge in [0.15, 0.2) is 11.6 Å². The predicted molar refractivity (Wildman–Crippen MR) is 60.5 cm³/mol. The zero-order valence-electron chi connectivity index (χ0n) is 8.21. The van der Waals surface area contributed by atoms with Crippen LogP contribution in [0.5, 0.6) is 0 Å². The van der Waals surface area contributed by atoms with E-state index in [1.165, 1.54) is 6.07 Å². The maximum atomic E-state index is 13.3. The number of anilines is 1. The fraction of sp³-hybridized carbons (Fsp3) is 0.500. The topological polar surface area (TPSA) is 16.1 Å². The van der Waals surface area contributed by atoms with E-state index >= 15 is 0 Å². The van der Waals surface area contributed by atoms with Gasteiger partial charge in [-0.25, -0.2) is 9.37 Å². The van der Waals surface area contributed by atoms with E-state index in [9.17, 15) is 4.39 Å². The standard InChI is InChI=1S/C10H14BrFN2/c1-2-14(8-4-6-11)10-9(12)5-3-7-13-10/h3,5,7H,2,4,6,8H2,1H3. The highest BCUT2D eigenvalue weighted by Gasteiger charge is 2.09.